The third-order valence-electron chi connectivity index (χ3n) is 7.76. The lowest BCUT2D eigenvalue weighted by molar-refractivity contribution is -0.129. The van der Waals surface area contributed by atoms with Crippen molar-refractivity contribution in [3.05, 3.63) is 23.3 Å². The molecule has 0 bridgehead atoms. The van der Waals surface area contributed by atoms with Crippen molar-refractivity contribution in [1.82, 2.24) is 25.8 Å². The van der Waals surface area contributed by atoms with E-state index in [1.165, 1.54) is 23.3 Å². The number of hydrogen-bond donors (Lipinski definition) is 3. The Kier molecular flexibility index (Phi) is 13.6. The van der Waals surface area contributed by atoms with Crippen LogP contribution in [0.2, 0.25) is 18.1 Å². The molecule has 0 aromatic carbocycles. The van der Waals surface area contributed by atoms with Crippen molar-refractivity contribution in [3.8, 4) is 0 Å². The molecule has 3 N–H and O–H groups in total. The van der Waals surface area contributed by atoms with Crippen LogP contribution in [0.3, 0.4) is 0 Å². The number of aromatic nitrogens is 1. The molecule has 1 aromatic heterocycles. The van der Waals surface area contributed by atoms with Gasteiger partial charge in [0.25, 0.3) is 11.8 Å². The molecule has 0 radical (unpaired) electrons. The molecule has 0 spiro atoms. The lowest BCUT2D eigenvalue weighted by Gasteiger charge is -2.37. The lowest BCUT2D eigenvalue weighted by Crippen LogP contribution is -2.53. The Balaban J connectivity index is 2.08. The molecule has 4 amide bonds. The zero-order valence-corrected chi connectivity index (χ0v) is 30.3. The highest BCUT2D eigenvalue weighted by atomic mass is 32.1. The highest BCUT2D eigenvalue weighted by molar-refractivity contribution is 7.13. The standard InChI is InChI=1S/C30H52N6O7SSi/c1-20(26(39)35(8)16-17-41-9)31-24(37)22(18-42-45(10,11)30(5,6)7)33-25(38)23-19-44-27(34-23)36-14-12-21(13-15-36)32-28(40)43-29(2,3)4/h19,21-22H,1,12-18H2,2-11H3,(H,31,37)(H,32,40)(H,33,38)/t22-/m0/s1. The first-order valence-corrected chi connectivity index (χ1v) is 18.9. The Morgan fingerprint density at radius 1 is 1.16 bits per heavy atom. The fourth-order valence-corrected chi connectivity index (χ4v) is 5.85. The molecule has 0 unspecified atom stereocenters. The van der Waals surface area contributed by atoms with Gasteiger partial charge in [0, 0.05) is 45.2 Å². The first-order chi connectivity index (χ1) is 20.7. The lowest BCUT2D eigenvalue weighted by atomic mass is 10.1. The maximum atomic E-state index is 13.4. The first-order valence-electron chi connectivity index (χ1n) is 15.1. The Hall–Kier alpha value is -3.01. The number of rotatable bonds is 13. The number of anilines is 1. The number of amides is 4. The van der Waals surface area contributed by atoms with Gasteiger partial charge in [-0.05, 0) is 51.7 Å². The maximum Gasteiger partial charge on any atom is 0.407 e. The predicted octanol–water partition coefficient (Wildman–Crippen LogP) is 3.49. The highest BCUT2D eigenvalue weighted by Crippen LogP contribution is 2.36. The van der Waals surface area contributed by atoms with E-state index in [9.17, 15) is 19.2 Å². The van der Waals surface area contributed by atoms with E-state index in [1.807, 2.05) is 20.8 Å². The van der Waals surface area contributed by atoms with Gasteiger partial charge in [-0.15, -0.1) is 11.3 Å². The summed E-state index contributed by atoms with van der Waals surface area (Å²) in [5.41, 5.74) is -0.514. The number of thiazole rings is 1. The molecule has 2 rings (SSSR count). The van der Waals surface area contributed by atoms with E-state index in [-0.39, 0.29) is 29.1 Å². The van der Waals surface area contributed by atoms with Crippen LogP contribution >= 0.6 is 11.3 Å². The monoisotopic (exact) mass is 668 g/mol. The van der Waals surface area contributed by atoms with Crippen molar-refractivity contribution < 1.29 is 33.1 Å². The molecule has 254 valence electrons. The van der Waals surface area contributed by atoms with Crippen molar-refractivity contribution in [2.45, 2.75) is 90.2 Å². The van der Waals surface area contributed by atoms with Crippen molar-refractivity contribution in [2.75, 3.05) is 51.9 Å². The second kappa shape index (κ2) is 16.0. The summed E-state index contributed by atoms with van der Waals surface area (Å²) in [6.45, 7) is 21.4. The number of methoxy groups -OCH3 is 1. The molecule has 1 aliphatic rings. The van der Waals surface area contributed by atoms with Gasteiger partial charge in [0.2, 0.25) is 5.91 Å². The number of carbonyl (C=O) groups excluding carboxylic acids is 4. The number of nitrogens with zero attached hydrogens (tertiary/aromatic N) is 3. The van der Waals surface area contributed by atoms with Gasteiger partial charge >= 0.3 is 6.09 Å². The van der Waals surface area contributed by atoms with Gasteiger partial charge in [-0.2, -0.15) is 0 Å². The third kappa shape index (κ3) is 12.0. The SMILES string of the molecule is C=C(NC(=O)[C@H](CO[Si](C)(C)C(C)(C)C)NC(=O)c1csc(N2CCC(NC(=O)OC(C)(C)C)CC2)n1)C(=O)N(C)CCOC. The number of piperidine rings is 1. The van der Waals surface area contributed by atoms with Gasteiger partial charge in [-0.1, -0.05) is 27.4 Å². The molecule has 0 aliphatic carbocycles. The Morgan fingerprint density at radius 3 is 2.33 bits per heavy atom. The predicted molar refractivity (Wildman–Crippen MR) is 178 cm³/mol. The Labute approximate surface area is 272 Å². The zero-order chi connectivity index (χ0) is 34.2. The second-order valence-corrected chi connectivity index (χ2v) is 19.4. The smallest absolute Gasteiger partial charge is 0.407 e. The van der Waals surface area contributed by atoms with Crippen LogP contribution in [0.15, 0.2) is 17.7 Å². The second-order valence-electron chi connectivity index (χ2n) is 13.7. The summed E-state index contributed by atoms with van der Waals surface area (Å²) < 4.78 is 16.6. The number of carbonyl (C=O) groups is 4. The largest absolute Gasteiger partial charge is 0.444 e. The van der Waals surface area contributed by atoms with Crippen molar-refractivity contribution in [1.29, 1.82) is 0 Å². The van der Waals surface area contributed by atoms with E-state index < -0.39 is 43.8 Å². The number of alkyl carbamates (subject to hydrolysis) is 1. The fourth-order valence-electron chi connectivity index (χ4n) is 3.98. The van der Waals surface area contributed by atoms with Crippen molar-refractivity contribution in [3.63, 3.8) is 0 Å². The molecule has 1 aliphatic heterocycles. The highest BCUT2D eigenvalue weighted by Gasteiger charge is 2.39. The molecule has 0 saturated carbocycles. The number of hydrogen-bond acceptors (Lipinski definition) is 10. The molecule has 1 saturated heterocycles. The summed E-state index contributed by atoms with van der Waals surface area (Å²) in [4.78, 5) is 59.5. The van der Waals surface area contributed by atoms with E-state index in [0.29, 0.717) is 44.2 Å². The van der Waals surface area contributed by atoms with Crippen LogP contribution in [0.4, 0.5) is 9.93 Å². The quantitative estimate of drug-likeness (QED) is 0.212. The Morgan fingerprint density at radius 2 is 1.78 bits per heavy atom. The van der Waals surface area contributed by atoms with E-state index >= 15 is 0 Å². The van der Waals surface area contributed by atoms with Gasteiger partial charge in [0.15, 0.2) is 13.4 Å². The van der Waals surface area contributed by atoms with Crippen molar-refractivity contribution in [2.24, 2.45) is 0 Å². The van der Waals surface area contributed by atoms with Gasteiger partial charge in [0.1, 0.15) is 17.3 Å². The summed E-state index contributed by atoms with van der Waals surface area (Å²) in [5, 5.41) is 10.4. The van der Waals surface area contributed by atoms with Gasteiger partial charge < -0.3 is 39.6 Å². The van der Waals surface area contributed by atoms with E-state index in [1.54, 1.807) is 12.4 Å². The third-order valence-corrected chi connectivity index (χ3v) is 13.2. The Bertz CT molecular complexity index is 1200. The summed E-state index contributed by atoms with van der Waals surface area (Å²) in [7, 11) is 0.832. The minimum Gasteiger partial charge on any atom is -0.444 e. The topological polar surface area (TPSA) is 151 Å². The van der Waals surface area contributed by atoms with Crippen molar-refractivity contribution >= 4 is 48.6 Å². The maximum absolute atomic E-state index is 13.4. The number of ether oxygens (including phenoxy) is 2. The summed E-state index contributed by atoms with van der Waals surface area (Å²) >= 11 is 1.33. The molecule has 2 heterocycles. The summed E-state index contributed by atoms with van der Waals surface area (Å²) in [6, 6.07) is -1.11. The molecule has 1 fully saturated rings. The van der Waals surface area contributed by atoms with Crippen LogP contribution < -0.4 is 20.9 Å². The van der Waals surface area contributed by atoms with E-state index in [0.717, 1.165) is 0 Å². The minimum absolute atomic E-state index is 0.0135. The molecular weight excluding hydrogens is 617 g/mol. The summed E-state index contributed by atoms with van der Waals surface area (Å²) in [5.74, 6) is -1.62. The molecule has 1 aromatic rings. The summed E-state index contributed by atoms with van der Waals surface area (Å²) in [6.07, 6.45) is 0.976. The van der Waals surface area contributed by atoms with Gasteiger partial charge in [-0.25, -0.2) is 9.78 Å². The zero-order valence-electron chi connectivity index (χ0n) is 28.5. The van der Waals surface area contributed by atoms with Crippen LogP contribution in [-0.2, 0) is 23.5 Å². The average molecular weight is 669 g/mol. The van der Waals surface area contributed by atoms with Crippen LogP contribution in [0.1, 0.15) is 64.9 Å². The van der Waals surface area contributed by atoms with Gasteiger partial charge in [-0.3, -0.25) is 14.4 Å². The average Bonchev–Trinajstić information content (AvgIpc) is 3.42. The van der Waals surface area contributed by atoms with Crippen LogP contribution in [-0.4, -0.2) is 107 Å². The van der Waals surface area contributed by atoms with Crippen LogP contribution in [0, 0.1) is 0 Å². The number of nitrogens with one attached hydrogen (secondary N) is 3. The molecule has 1 atom stereocenters. The first kappa shape index (κ1) is 38.2. The van der Waals surface area contributed by atoms with E-state index in [2.05, 4.69) is 66.3 Å². The van der Waals surface area contributed by atoms with Gasteiger partial charge in [0.05, 0.1) is 18.9 Å². The van der Waals surface area contributed by atoms with Crippen LogP contribution in [0.5, 0.6) is 0 Å². The van der Waals surface area contributed by atoms with E-state index in [4.69, 9.17) is 13.9 Å². The molecule has 13 nitrogen and oxygen atoms in total. The normalized spacial score (nSPS) is 15.2. The minimum atomic E-state index is -2.28. The molecule has 45 heavy (non-hydrogen) atoms. The number of likely N-dealkylation sites (N-methyl/N-ethyl adjacent to an activating group) is 1. The molecule has 15 heteroatoms. The molecular formula is C30H52N6O7SSi. The van der Waals surface area contributed by atoms with Crippen LogP contribution in [0.25, 0.3) is 0 Å². The fraction of sp³-hybridized carbons (Fsp3) is 0.700.